The summed E-state index contributed by atoms with van der Waals surface area (Å²) in [5.74, 6) is 0.180. The van der Waals surface area contributed by atoms with E-state index in [0.717, 1.165) is 5.56 Å². The van der Waals surface area contributed by atoms with Crippen molar-refractivity contribution in [3.63, 3.8) is 0 Å². The Bertz CT molecular complexity index is 1230. The van der Waals surface area contributed by atoms with Gasteiger partial charge in [-0.2, -0.15) is 0 Å². The number of hydrogen-bond acceptors (Lipinski definition) is 10. The van der Waals surface area contributed by atoms with Crippen LogP contribution in [0.15, 0.2) is 36.9 Å². The number of carbonyl (C=O) groups excluding carboxylic acids is 1. The number of alkyl carbamates (subject to hydrolysis) is 1. The second-order valence-electron chi connectivity index (χ2n) is 10.4. The number of aliphatic hydroxyl groups is 2. The largest absolute Gasteiger partial charge is 0.448 e. The molecule has 1 aliphatic heterocycles. The third-order valence-corrected chi connectivity index (χ3v) is 6.57. The molecule has 12 nitrogen and oxygen atoms in total. The third-order valence-electron chi connectivity index (χ3n) is 6.57. The maximum Gasteiger partial charge on any atom is 0.407 e. The molecule has 3 heterocycles. The van der Waals surface area contributed by atoms with Crippen molar-refractivity contribution >= 4 is 23.1 Å². The maximum absolute atomic E-state index is 12.1. The van der Waals surface area contributed by atoms with E-state index in [1.54, 1.807) is 0 Å². The molecule has 37 heavy (non-hydrogen) atoms. The molecule has 1 aromatic carbocycles. The summed E-state index contributed by atoms with van der Waals surface area (Å²) < 4.78 is 12.4. The highest BCUT2D eigenvalue weighted by molar-refractivity contribution is 5.81. The van der Waals surface area contributed by atoms with Crippen LogP contribution in [-0.4, -0.2) is 86.3 Å². The highest BCUT2D eigenvalue weighted by atomic mass is 16.6. The zero-order valence-electron chi connectivity index (χ0n) is 21.6. The number of nitrogen functional groups attached to an aromatic ring is 1. The van der Waals surface area contributed by atoms with Crippen LogP contribution in [0.4, 0.5) is 10.6 Å². The normalized spacial score (nSPS) is 22.0. The van der Waals surface area contributed by atoms with Crippen LogP contribution in [0.5, 0.6) is 0 Å². The minimum atomic E-state index is -1.76. The predicted octanol–water partition coefficient (Wildman–Crippen LogP) is 0.969. The highest BCUT2D eigenvalue weighted by Crippen LogP contribution is 2.32. The molecule has 200 valence electrons. The minimum absolute atomic E-state index is 0.0759. The summed E-state index contributed by atoms with van der Waals surface area (Å²) in [4.78, 5) is 26.1. The van der Waals surface area contributed by atoms with Crippen LogP contribution in [0.25, 0.3) is 11.2 Å². The molecule has 3 aromatic rings. The number of nitrogens with one attached hydrogen (secondary N) is 1. The van der Waals surface area contributed by atoms with Crippen LogP contribution in [0, 0.1) is 0 Å². The number of anilines is 1. The van der Waals surface area contributed by atoms with Gasteiger partial charge in [-0.3, -0.25) is 4.57 Å². The molecule has 3 atom stereocenters. The van der Waals surface area contributed by atoms with E-state index >= 15 is 0 Å². The van der Waals surface area contributed by atoms with Gasteiger partial charge in [-0.15, -0.1) is 0 Å². The first-order valence-corrected chi connectivity index (χ1v) is 12.1. The fraction of sp³-hybridized carbons (Fsp3) is 0.520. The first kappa shape index (κ1) is 26.7. The molecule has 1 aliphatic rings. The topological polar surface area (TPSA) is 161 Å². The van der Waals surface area contributed by atoms with Gasteiger partial charge in [0.1, 0.15) is 30.7 Å². The molecule has 12 heteroatoms. The summed E-state index contributed by atoms with van der Waals surface area (Å²) in [5.41, 5.74) is 6.99. The van der Waals surface area contributed by atoms with E-state index in [4.69, 9.17) is 15.2 Å². The van der Waals surface area contributed by atoms with Gasteiger partial charge >= 0.3 is 6.09 Å². The summed E-state index contributed by atoms with van der Waals surface area (Å²) in [6.45, 7) is 7.55. The first-order valence-electron chi connectivity index (χ1n) is 12.1. The smallest absolute Gasteiger partial charge is 0.407 e. The third kappa shape index (κ3) is 5.82. The van der Waals surface area contributed by atoms with Crippen molar-refractivity contribution < 1.29 is 24.5 Å². The van der Waals surface area contributed by atoms with E-state index in [1.807, 2.05) is 24.1 Å². The molecule has 5 N–H and O–H groups in total. The molecule has 1 amide bonds. The van der Waals surface area contributed by atoms with Gasteiger partial charge in [0.2, 0.25) is 0 Å². The summed E-state index contributed by atoms with van der Waals surface area (Å²) >= 11 is 0. The van der Waals surface area contributed by atoms with E-state index in [-0.39, 0.29) is 24.4 Å². The van der Waals surface area contributed by atoms with Crippen molar-refractivity contribution in [2.45, 2.75) is 50.7 Å². The lowest BCUT2D eigenvalue weighted by atomic mass is 9.87. The van der Waals surface area contributed by atoms with Crippen LogP contribution >= 0.6 is 0 Å². The second kappa shape index (κ2) is 10.6. The number of amides is 1. The summed E-state index contributed by atoms with van der Waals surface area (Å²) in [6.07, 6.45) is 0.188. The molecule has 1 unspecified atom stereocenters. The van der Waals surface area contributed by atoms with E-state index in [9.17, 15) is 15.0 Å². The van der Waals surface area contributed by atoms with Crippen LogP contribution in [0.1, 0.15) is 31.9 Å². The molecule has 0 spiro atoms. The Morgan fingerprint density at radius 2 is 2.03 bits per heavy atom. The molecule has 1 saturated heterocycles. The molecule has 2 aromatic heterocycles. The Kier molecular flexibility index (Phi) is 7.64. The number of fused-ring (bicyclic) bond motifs is 1. The Morgan fingerprint density at radius 3 is 2.73 bits per heavy atom. The quantitative estimate of drug-likeness (QED) is 0.342. The first-order chi connectivity index (χ1) is 17.5. The van der Waals surface area contributed by atoms with E-state index < -0.39 is 24.0 Å². The SMILES string of the molecule is CN(CCOC(=O)NCc1ccc(C(C)(C)C)cc1)C[C@H]1OCC(O)(n2cnc3c(N)ncnc32)[C@@H]1O. The van der Waals surface area contributed by atoms with Crippen molar-refractivity contribution in [1.82, 2.24) is 29.7 Å². The number of aliphatic hydroxyl groups excluding tert-OH is 1. The molecule has 1 fully saturated rings. The fourth-order valence-electron chi connectivity index (χ4n) is 4.25. The highest BCUT2D eigenvalue weighted by Gasteiger charge is 2.50. The van der Waals surface area contributed by atoms with Gasteiger partial charge in [-0.25, -0.2) is 19.7 Å². The van der Waals surface area contributed by atoms with Crippen molar-refractivity contribution in [2.24, 2.45) is 0 Å². The number of hydrogen-bond donors (Lipinski definition) is 4. The number of benzene rings is 1. The fourth-order valence-corrected chi connectivity index (χ4v) is 4.25. The number of carbonyl (C=O) groups is 1. The molecular formula is C25H35N7O5. The molecule has 0 bridgehead atoms. The second-order valence-corrected chi connectivity index (χ2v) is 10.4. The number of nitrogens with zero attached hydrogens (tertiary/aromatic N) is 5. The van der Waals surface area contributed by atoms with Gasteiger partial charge < -0.3 is 35.6 Å². The lowest BCUT2D eigenvalue weighted by Gasteiger charge is -2.29. The van der Waals surface area contributed by atoms with Crippen molar-refractivity contribution in [1.29, 1.82) is 0 Å². The van der Waals surface area contributed by atoms with Gasteiger partial charge in [0, 0.05) is 19.6 Å². The van der Waals surface area contributed by atoms with Gasteiger partial charge in [-0.1, -0.05) is 45.0 Å². The number of ether oxygens (including phenoxy) is 2. The van der Waals surface area contributed by atoms with E-state index in [0.29, 0.717) is 30.8 Å². The predicted molar refractivity (Wildman–Crippen MR) is 137 cm³/mol. The summed E-state index contributed by atoms with van der Waals surface area (Å²) in [7, 11) is 1.81. The number of likely N-dealkylation sites (N-methyl/N-ethyl adjacent to an activating group) is 1. The Morgan fingerprint density at radius 1 is 1.30 bits per heavy atom. The van der Waals surface area contributed by atoms with Crippen LogP contribution in [0.2, 0.25) is 0 Å². The molecule has 0 aliphatic carbocycles. The van der Waals surface area contributed by atoms with Crippen LogP contribution in [0.3, 0.4) is 0 Å². The number of imidazole rings is 1. The van der Waals surface area contributed by atoms with Crippen molar-refractivity contribution in [3.05, 3.63) is 48.0 Å². The van der Waals surface area contributed by atoms with Gasteiger partial charge in [-0.05, 0) is 23.6 Å². The summed E-state index contributed by atoms with van der Waals surface area (Å²) in [5, 5.41) is 24.8. The van der Waals surface area contributed by atoms with E-state index in [2.05, 4.69) is 53.2 Å². The molecule has 0 saturated carbocycles. The van der Waals surface area contributed by atoms with Gasteiger partial charge in [0.25, 0.3) is 0 Å². The Labute approximate surface area is 215 Å². The average Bonchev–Trinajstić information content (AvgIpc) is 3.41. The number of nitrogens with two attached hydrogens (primary N) is 1. The number of aromatic nitrogens is 4. The lowest BCUT2D eigenvalue weighted by molar-refractivity contribution is -0.108. The zero-order chi connectivity index (χ0) is 26.8. The summed E-state index contributed by atoms with van der Waals surface area (Å²) in [6, 6.07) is 8.13. The zero-order valence-corrected chi connectivity index (χ0v) is 21.6. The van der Waals surface area contributed by atoms with E-state index in [1.165, 1.54) is 22.8 Å². The Balaban J connectivity index is 1.22. The van der Waals surface area contributed by atoms with Gasteiger partial charge in [0.05, 0.1) is 12.9 Å². The van der Waals surface area contributed by atoms with Crippen LogP contribution < -0.4 is 11.1 Å². The average molecular weight is 514 g/mol. The minimum Gasteiger partial charge on any atom is -0.448 e. The molecular weight excluding hydrogens is 478 g/mol. The maximum atomic E-state index is 12.1. The Hall–Kier alpha value is -3.32. The van der Waals surface area contributed by atoms with Crippen LogP contribution in [-0.2, 0) is 27.2 Å². The monoisotopic (exact) mass is 513 g/mol. The molecule has 4 rings (SSSR count). The lowest BCUT2D eigenvalue weighted by Crippen LogP contribution is -2.48. The standard InChI is InChI=1S/C25H35N7O5/c1-24(2,3)17-7-5-16(6-8-17)11-27-23(34)36-10-9-31(4)12-18-20(33)25(35,13-37-18)32-15-30-19-21(26)28-14-29-22(19)32/h5-8,14-15,18,20,33,35H,9-13H2,1-4H3,(H,27,34)(H2,26,28,29)/t18-,20-,25?/m1/s1. The number of rotatable bonds is 8. The van der Waals surface area contributed by atoms with Crippen molar-refractivity contribution in [3.8, 4) is 0 Å². The van der Waals surface area contributed by atoms with Gasteiger partial charge in [0.15, 0.2) is 17.2 Å². The van der Waals surface area contributed by atoms with Crippen molar-refractivity contribution in [2.75, 3.05) is 39.1 Å². The molecule has 0 radical (unpaired) electrons.